The Morgan fingerprint density at radius 1 is 1.11 bits per heavy atom. The van der Waals surface area contributed by atoms with Crippen molar-refractivity contribution in [2.45, 2.75) is 25.8 Å². The smallest absolute Gasteiger partial charge is 0.252 e. The van der Waals surface area contributed by atoms with E-state index in [4.69, 9.17) is 22.3 Å². The van der Waals surface area contributed by atoms with Crippen LogP contribution >= 0.6 is 11.6 Å². The van der Waals surface area contributed by atoms with E-state index in [2.05, 4.69) is 20.5 Å². The summed E-state index contributed by atoms with van der Waals surface area (Å²) in [6, 6.07) is 15.8. The number of fused-ring (bicyclic) bond motifs is 1. The maximum absolute atomic E-state index is 13.4. The van der Waals surface area contributed by atoms with Gasteiger partial charge in [-0.2, -0.15) is 4.68 Å². The van der Waals surface area contributed by atoms with Gasteiger partial charge in [-0.1, -0.05) is 23.7 Å². The molecule has 4 heterocycles. The van der Waals surface area contributed by atoms with Crippen LogP contribution in [0.3, 0.4) is 0 Å². The Morgan fingerprint density at radius 2 is 1.92 bits per heavy atom. The summed E-state index contributed by atoms with van der Waals surface area (Å²) in [5, 5.41) is 12.0. The lowest BCUT2D eigenvalue weighted by molar-refractivity contribution is 0.100. The zero-order chi connectivity index (χ0) is 25.7. The van der Waals surface area contributed by atoms with E-state index in [-0.39, 0.29) is 11.6 Å². The Hall–Kier alpha value is -4.57. The molecule has 0 spiro atoms. The Kier molecular flexibility index (Phi) is 5.45. The van der Waals surface area contributed by atoms with E-state index in [9.17, 15) is 9.59 Å². The van der Waals surface area contributed by atoms with Gasteiger partial charge in [0.05, 0.1) is 23.1 Å². The Morgan fingerprint density at radius 3 is 2.65 bits per heavy atom. The van der Waals surface area contributed by atoms with Crippen molar-refractivity contribution in [2.24, 2.45) is 5.73 Å². The molecule has 3 N–H and O–H groups in total. The van der Waals surface area contributed by atoms with Crippen molar-refractivity contribution < 1.29 is 4.79 Å². The van der Waals surface area contributed by atoms with Gasteiger partial charge in [0, 0.05) is 27.9 Å². The van der Waals surface area contributed by atoms with Crippen LogP contribution in [0.1, 0.15) is 40.0 Å². The van der Waals surface area contributed by atoms with Crippen LogP contribution < -0.4 is 11.3 Å². The van der Waals surface area contributed by atoms with Gasteiger partial charge in [-0.05, 0) is 77.7 Å². The summed E-state index contributed by atoms with van der Waals surface area (Å²) < 4.78 is 3.34. The minimum Gasteiger partial charge on any atom is -0.366 e. The molecule has 10 nitrogen and oxygen atoms in total. The zero-order valence-corrected chi connectivity index (χ0v) is 20.5. The van der Waals surface area contributed by atoms with E-state index in [1.165, 1.54) is 6.33 Å². The van der Waals surface area contributed by atoms with E-state index < -0.39 is 5.91 Å². The number of aromatic nitrogens is 7. The summed E-state index contributed by atoms with van der Waals surface area (Å²) >= 11 is 6.30. The number of carbonyl (C=O) groups excluding carboxylic acids is 1. The average molecular weight is 513 g/mol. The summed E-state index contributed by atoms with van der Waals surface area (Å²) in [6.45, 7) is 1.92. The molecule has 0 saturated heterocycles. The monoisotopic (exact) mass is 512 g/mol. The minimum atomic E-state index is -0.474. The van der Waals surface area contributed by atoms with Crippen LogP contribution in [0.4, 0.5) is 0 Å². The van der Waals surface area contributed by atoms with Gasteiger partial charge in [0.1, 0.15) is 12.2 Å². The van der Waals surface area contributed by atoms with Crippen molar-refractivity contribution in [1.82, 2.24) is 34.7 Å². The standard InChI is InChI=1S/C26H21ClN8O2/c1-14-24(15-2-4-16(5-3-15)25(28)37)31-26(30-14)22-9-7-19-10-17(11-23(36)35(19)22)20-12-18(27)6-8-21(20)34-13-29-32-33-34/h2-6,8,10-13,22H,7,9H2,1H3,(H2,28,37)(H,30,31)/t22-/m0/s1. The molecule has 1 amide bonds. The largest absolute Gasteiger partial charge is 0.366 e. The number of aromatic amines is 1. The first-order valence-electron chi connectivity index (χ1n) is 11.6. The number of nitrogens with zero attached hydrogens (tertiary/aromatic N) is 6. The first-order chi connectivity index (χ1) is 17.9. The summed E-state index contributed by atoms with van der Waals surface area (Å²) in [7, 11) is 0. The SMILES string of the molecule is Cc1nc([C@@H]2CCc3cc(-c4cc(Cl)ccc4-n4cnnn4)cc(=O)n32)[nH]c1-c1ccc(C(N)=O)cc1. The Labute approximate surface area is 215 Å². The number of hydrogen-bond acceptors (Lipinski definition) is 6. The second-order valence-electron chi connectivity index (χ2n) is 8.94. The van der Waals surface area contributed by atoms with E-state index >= 15 is 0 Å². The zero-order valence-electron chi connectivity index (χ0n) is 19.7. The molecule has 184 valence electrons. The molecular weight excluding hydrogens is 492 g/mol. The molecule has 37 heavy (non-hydrogen) atoms. The van der Waals surface area contributed by atoms with Crippen LogP contribution in [-0.4, -0.2) is 40.6 Å². The normalized spacial score (nSPS) is 14.6. The average Bonchev–Trinajstić information content (AvgIpc) is 3.64. The predicted octanol–water partition coefficient (Wildman–Crippen LogP) is 3.48. The maximum Gasteiger partial charge on any atom is 0.252 e. The molecular formula is C26H21ClN8O2. The fourth-order valence-electron chi connectivity index (χ4n) is 4.94. The van der Waals surface area contributed by atoms with E-state index in [0.717, 1.165) is 58.1 Å². The quantitative estimate of drug-likeness (QED) is 0.370. The van der Waals surface area contributed by atoms with Crippen LogP contribution in [0.5, 0.6) is 0 Å². The predicted molar refractivity (Wildman–Crippen MR) is 138 cm³/mol. The fourth-order valence-corrected chi connectivity index (χ4v) is 5.12. The number of halogens is 1. The molecule has 0 fully saturated rings. The van der Waals surface area contributed by atoms with Crippen LogP contribution in [-0.2, 0) is 6.42 Å². The fraction of sp³-hybridized carbons (Fsp3) is 0.154. The number of pyridine rings is 1. The molecule has 0 aliphatic carbocycles. The molecule has 11 heteroatoms. The number of nitrogens with one attached hydrogen (secondary N) is 1. The van der Waals surface area contributed by atoms with Crippen molar-refractivity contribution >= 4 is 17.5 Å². The Bertz CT molecular complexity index is 1700. The van der Waals surface area contributed by atoms with Crippen LogP contribution in [0.25, 0.3) is 28.1 Å². The molecule has 3 aromatic heterocycles. The van der Waals surface area contributed by atoms with Crippen LogP contribution in [0, 0.1) is 6.92 Å². The number of benzene rings is 2. The Balaban J connectivity index is 1.38. The molecule has 0 unspecified atom stereocenters. The topological polar surface area (TPSA) is 137 Å². The number of carbonyl (C=O) groups is 1. The summed E-state index contributed by atoms with van der Waals surface area (Å²) in [4.78, 5) is 33.0. The van der Waals surface area contributed by atoms with Crippen LogP contribution in [0.15, 0.2) is 65.7 Å². The molecule has 2 aromatic carbocycles. The highest BCUT2D eigenvalue weighted by atomic mass is 35.5. The number of nitrogens with two attached hydrogens (primary N) is 1. The number of H-pyrrole nitrogens is 1. The number of tetrazole rings is 1. The molecule has 0 saturated carbocycles. The second-order valence-corrected chi connectivity index (χ2v) is 9.37. The van der Waals surface area contributed by atoms with Gasteiger partial charge in [-0.3, -0.25) is 9.59 Å². The highest BCUT2D eigenvalue weighted by Gasteiger charge is 2.29. The van der Waals surface area contributed by atoms with Gasteiger partial charge < -0.3 is 15.3 Å². The highest BCUT2D eigenvalue weighted by molar-refractivity contribution is 6.31. The lowest BCUT2D eigenvalue weighted by Gasteiger charge is -2.15. The van der Waals surface area contributed by atoms with Gasteiger partial charge >= 0.3 is 0 Å². The van der Waals surface area contributed by atoms with Gasteiger partial charge in [-0.15, -0.1) is 5.10 Å². The third-order valence-electron chi connectivity index (χ3n) is 6.68. The highest BCUT2D eigenvalue weighted by Crippen LogP contribution is 2.35. The van der Waals surface area contributed by atoms with Crippen molar-refractivity contribution in [1.29, 1.82) is 0 Å². The van der Waals surface area contributed by atoms with Gasteiger partial charge in [-0.25, -0.2) is 4.98 Å². The number of imidazole rings is 1. The summed E-state index contributed by atoms with van der Waals surface area (Å²) in [6.07, 6.45) is 2.96. The number of rotatable bonds is 5. The number of hydrogen-bond donors (Lipinski definition) is 2. The number of aryl methyl sites for hydroxylation is 2. The molecule has 1 aliphatic heterocycles. The summed E-state index contributed by atoms with van der Waals surface area (Å²) in [5.74, 6) is 0.245. The van der Waals surface area contributed by atoms with Gasteiger partial charge in [0.25, 0.3) is 5.56 Å². The number of amides is 1. The van der Waals surface area contributed by atoms with Crippen molar-refractivity contribution in [3.05, 3.63) is 99.1 Å². The maximum atomic E-state index is 13.4. The van der Waals surface area contributed by atoms with Crippen molar-refractivity contribution in [3.63, 3.8) is 0 Å². The lowest BCUT2D eigenvalue weighted by atomic mass is 10.0. The van der Waals surface area contributed by atoms with Gasteiger partial charge in [0.2, 0.25) is 5.91 Å². The number of primary amides is 1. The first kappa shape index (κ1) is 22.9. The second kappa shape index (κ2) is 8.82. The molecule has 0 radical (unpaired) electrons. The molecule has 6 rings (SSSR count). The third kappa shape index (κ3) is 4.01. The lowest BCUT2D eigenvalue weighted by Crippen LogP contribution is -2.24. The first-order valence-corrected chi connectivity index (χ1v) is 12.0. The molecule has 0 bridgehead atoms. The summed E-state index contributed by atoms with van der Waals surface area (Å²) in [5.41, 5.74) is 11.4. The molecule has 5 aromatic rings. The van der Waals surface area contributed by atoms with E-state index in [1.807, 2.05) is 37.3 Å². The van der Waals surface area contributed by atoms with Gasteiger partial charge in [0.15, 0.2) is 0 Å². The molecule has 1 atom stereocenters. The third-order valence-corrected chi connectivity index (χ3v) is 6.91. The minimum absolute atomic E-state index is 0.126. The van der Waals surface area contributed by atoms with E-state index in [1.54, 1.807) is 33.5 Å². The van der Waals surface area contributed by atoms with Crippen molar-refractivity contribution in [2.75, 3.05) is 0 Å². The van der Waals surface area contributed by atoms with Crippen LogP contribution in [0.2, 0.25) is 5.02 Å². The van der Waals surface area contributed by atoms with E-state index in [0.29, 0.717) is 10.6 Å². The van der Waals surface area contributed by atoms with Crippen molar-refractivity contribution in [3.8, 4) is 28.1 Å². The molecule has 1 aliphatic rings.